The first-order valence-corrected chi connectivity index (χ1v) is 12.7. The molecular weight excluding hydrogens is 480 g/mol. The third-order valence-corrected chi connectivity index (χ3v) is 7.46. The molecule has 9 nitrogen and oxygen atoms in total. The number of carbonyl (C=O) groups excluding carboxylic acids is 1. The summed E-state index contributed by atoms with van der Waals surface area (Å²) in [6.07, 6.45) is 1.94. The fraction of sp³-hybridized carbons (Fsp3) is 0.423. The number of fused-ring (bicyclic) bond motifs is 2. The van der Waals surface area contributed by atoms with Crippen LogP contribution >= 0.6 is 12.2 Å². The highest BCUT2D eigenvalue weighted by atomic mass is 32.1. The average Bonchev–Trinajstić information content (AvgIpc) is 3.58. The molecule has 188 valence electrons. The molecule has 1 amide bonds. The van der Waals surface area contributed by atoms with Crippen molar-refractivity contribution in [3.63, 3.8) is 0 Å². The predicted octanol–water partition coefficient (Wildman–Crippen LogP) is 2.92. The number of aromatic amines is 1. The summed E-state index contributed by atoms with van der Waals surface area (Å²) in [5.74, 6) is 1.53. The summed E-state index contributed by atoms with van der Waals surface area (Å²) in [4.78, 5) is 33.7. The maximum absolute atomic E-state index is 13.2. The quantitative estimate of drug-likeness (QED) is 0.530. The maximum Gasteiger partial charge on any atom is 0.262 e. The normalized spacial score (nSPS) is 19.8. The molecule has 0 unspecified atom stereocenters. The molecule has 36 heavy (non-hydrogen) atoms. The second-order valence-corrected chi connectivity index (χ2v) is 9.88. The van der Waals surface area contributed by atoms with Gasteiger partial charge in [-0.15, -0.1) is 0 Å². The number of amides is 1. The van der Waals surface area contributed by atoms with Crippen LogP contribution in [0.2, 0.25) is 0 Å². The highest BCUT2D eigenvalue weighted by molar-refractivity contribution is 7.71. The number of rotatable bonds is 5. The van der Waals surface area contributed by atoms with Crippen LogP contribution in [0, 0.1) is 4.77 Å². The molecule has 1 N–H and O–H groups in total. The van der Waals surface area contributed by atoms with Crippen molar-refractivity contribution < 1.29 is 19.0 Å². The average molecular weight is 509 g/mol. The first kappa shape index (κ1) is 23.2. The number of hydrogen-bond acceptors (Lipinski definition) is 7. The highest BCUT2D eigenvalue weighted by Gasteiger charge is 2.24. The van der Waals surface area contributed by atoms with Crippen LogP contribution in [0.5, 0.6) is 11.5 Å². The van der Waals surface area contributed by atoms with Gasteiger partial charge in [0.15, 0.2) is 16.3 Å². The molecule has 0 spiro atoms. The molecule has 1 aromatic heterocycles. The van der Waals surface area contributed by atoms with E-state index in [9.17, 15) is 9.59 Å². The zero-order valence-corrected chi connectivity index (χ0v) is 20.7. The topological polar surface area (TPSA) is 89.0 Å². The van der Waals surface area contributed by atoms with Crippen molar-refractivity contribution in [2.45, 2.75) is 32.0 Å². The second-order valence-electron chi connectivity index (χ2n) is 9.50. The van der Waals surface area contributed by atoms with Gasteiger partial charge in [0.05, 0.1) is 23.6 Å². The molecule has 4 heterocycles. The summed E-state index contributed by atoms with van der Waals surface area (Å²) in [7, 11) is 0. The molecule has 2 saturated heterocycles. The van der Waals surface area contributed by atoms with Crippen LogP contribution in [0.15, 0.2) is 41.2 Å². The minimum Gasteiger partial charge on any atom is -0.454 e. The van der Waals surface area contributed by atoms with E-state index in [4.69, 9.17) is 26.4 Å². The van der Waals surface area contributed by atoms with Gasteiger partial charge in [-0.1, -0.05) is 6.07 Å². The molecule has 3 aromatic rings. The summed E-state index contributed by atoms with van der Waals surface area (Å²) >= 11 is 5.46. The Labute approximate surface area is 213 Å². The van der Waals surface area contributed by atoms with Crippen molar-refractivity contribution in [1.82, 2.24) is 19.4 Å². The van der Waals surface area contributed by atoms with Crippen LogP contribution in [0.25, 0.3) is 10.9 Å². The number of benzene rings is 2. The molecule has 0 radical (unpaired) electrons. The number of piperazine rings is 1. The third kappa shape index (κ3) is 4.52. The Morgan fingerprint density at radius 2 is 1.89 bits per heavy atom. The fourth-order valence-electron chi connectivity index (χ4n) is 5.13. The molecule has 2 fully saturated rings. The number of carbonyl (C=O) groups is 1. The van der Waals surface area contributed by atoms with Gasteiger partial charge in [-0.3, -0.25) is 19.1 Å². The van der Waals surface area contributed by atoms with Gasteiger partial charge >= 0.3 is 0 Å². The molecule has 0 aliphatic carbocycles. The van der Waals surface area contributed by atoms with Crippen LogP contribution < -0.4 is 15.0 Å². The highest BCUT2D eigenvalue weighted by Crippen LogP contribution is 2.33. The van der Waals surface area contributed by atoms with E-state index in [0.717, 1.165) is 56.1 Å². The van der Waals surface area contributed by atoms with Crippen molar-refractivity contribution >= 4 is 29.0 Å². The lowest BCUT2D eigenvalue weighted by Crippen LogP contribution is -2.48. The number of hydrogen-bond donors (Lipinski definition) is 1. The number of aromatic nitrogens is 2. The van der Waals surface area contributed by atoms with E-state index in [1.807, 2.05) is 17.0 Å². The van der Waals surface area contributed by atoms with Gasteiger partial charge in [0.2, 0.25) is 6.79 Å². The SMILES string of the molecule is O=C(c1ccc2c(=O)n(C[C@H]3CCCO3)c(=S)[nH]c2c1)N1CCN(Cc2ccc3c(c2)OCO3)CC1. The summed E-state index contributed by atoms with van der Waals surface area (Å²) in [6, 6.07) is 11.2. The maximum atomic E-state index is 13.2. The molecule has 6 rings (SSSR count). The van der Waals surface area contributed by atoms with E-state index >= 15 is 0 Å². The van der Waals surface area contributed by atoms with Gasteiger partial charge in [-0.05, 0) is 61.0 Å². The number of nitrogens with zero attached hydrogens (tertiary/aromatic N) is 3. The van der Waals surface area contributed by atoms with Crippen LogP contribution in [0.3, 0.4) is 0 Å². The van der Waals surface area contributed by atoms with Crippen LogP contribution in [-0.2, 0) is 17.8 Å². The van der Waals surface area contributed by atoms with Gasteiger partial charge in [-0.25, -0.2) is 0 Å². The van der Waals surface area contributed by atoms with E-state index < -0.39 is 0 Å². The molecule has 2 aromatic carbocycles. The van der Waals surface area contributed by atoms with Crippen LogP contribution in [0.1, 0.15) is 28.8 Å². The molecule has 3 aliphatic rings. The summed E-state index contributed by atoms with van der Waals surface area (Å²) in [5.41, 5.74) is 2.14. The number of H-pyrrole nitrogens is 1. The molecular formula is C26H28N4O5S. The fourth-order valence-corrected chi connectivity index (χ4v) is 5.40. The Morgan fingerprint density at radius 3 is 2.69 bits per heavy atom. The minimum atomic E-state index is -0.152. The van der Waals surface area contributed by atoms with Crippen molar-refractivity contribution in [2.24, 2.45) is 0 Å². The lowest BCUT2D eigenvalue weighted by molar-refractivity contribution is 0.0628. The minimum absolute atomic E-state index is 0.0137. The van der Waals surface area contributed by atoms with Gasteiger partial charge in [0.25, 0.3) is 11.5 Å². The van der Waals surface area contributed by atoms with E-state index in [2.05, 4.69) is 16.0 Å². The molecule has 0 saturated carbocycles. The van der Waals surface area contributed by atoms with Gasteiger partial charge in [-0.2, -0.15) is 0 Å². The first-order valence-electron chi connectivity index (χ1n) is 12.3. The van der Waals surface area contributed by atoms with Gasteiger partial charge in [0.1, 0.15) is 0 Å². The van der Waals surface area contributed by atoms with E-state index in [1.54, 1.807) is 22.8 Å². The van der Waals surface area contributed by atoms with E-state index in [-0.39, 0.29) is 24.4 Å². The third-order valence-electron chi connectivity index (χ3n) is 7.14. The van der Waals surface area contributed by atoms with Crippen molar-refractivity contribution in [3.8, 4) is 11.5 Å². The summed E-state index contributed by atoms with van der Waals surface area (Å²) in [6.45, 7) is 5.08. The Hall–Kier alpha value is -3.21. The van der Waals surface area contributed by atoms with Crippen molar-refractivity contribution in [1.29, 1.82) is 0 Å². The van der Waals surface area contributed by atoms with Gasteiger partial charge in [0, 0.05) is 44.9 Å². The van der Waals surface area contributed by atoms with Crippen molar-refractivity contribution in [3.05, 3.63) is 62.6 Å². The zero-order chi connectivity index (χ0) is 24.6. The van der Waals surface area contributed by atoms with E-state index in [1.165, 1.54) is 0 Å². The lowest BCUT2D eigenvalue weighted by atomic mass is 10.1. The Balaban J connectivity index is 1.12. The molecule has 0 bridgehead atoms. The standard InChI is InChI=1S/C26H28N4O5S/c31-24(29-9-7-28(8-10-29)14-17-3-6-22-23(12-17)35-16-34-22)18-4-5-20-21(13-18)27-26(36)30(25(20)32)15-19-2-1-11-33-19/h3-6,12-13,19H,1-2,7-11,14-16H2,(H,27,36)/t19-/m1/s1. The van der Waals surface area contributed by atoms with Crippen molar-refractivity contribution in [2.75, 3.05) is 39.6 Å². The van der Waals surface area contributed by atoms with Gasteiger partial charge < -0.3 is 24.1 Å². The smallest absolute Gasteiger partial charge is 0.262 e. The second kappa shape index (κ2) is 9.68. The first-order chi connectivity index (χ1) is 17.5. The molecule has 10 heteroatoms. The predicted molar refractivity (Wildman–Crippen MR) is 136 cm³/mol. The largest absolute Gasteiger partial charge is 0.454 e. The summed E-state index contributed by atoms with van der Waals surface area (Å²) < 4.78 is 18.5. The zero-order valence-electron chi connectivity index (χ0n) is 19.9. The Kier molecular flexibility index (Phi) is 6.24. The Bertz CT molecular complexity index is 1420. The van der Waals surface area contributed by atoms with E-state index in [0.29, 0.717) is 40.9 Å². The molecule has 1 atom stereocenters. The Morgan fingerprint density at radius 1 is 1.06 bits per heavy atom. The molecule has 3 aliphatic heterocycles. The lowest BCUT2D eigenvalue weighted by Gasteiger charge is -2.34. The number of ether oxygens (including phenoxy) is 3. The van der Waals surface area contributed by atoms with Crippen LogP contribution in [0.4, 0.5) is 0 Å². The monoisotopic (exact) mass is 508 g/mol. The van der Waals surface area contributed by atoms with Crippen LogP contribution in [-0.4, -0.2) is 70.9 Å². The summed E-state index contributed by atoms with van der Waals surface area (Å²) in [5, 5.41) is 0.520. The number of nitrogens with one attached hydrogen (secondary N) is 1.